The Morgan fingerprint density at radius 3 is 2.54 bits per heavy atom. The van der Waals surface area contributed by atoms with Crippen molar-refractivity contribution >= 4 is 0 Å². The second kappa shape index (κ2) is 5.05. The zero-order chi connectivity index (χ0) is 9.68. The summed E-state index contributed by atoms with van der Waals surface area (Å²) in [6.07, 6.45) is 7.42. The zero-order valence-corrected chi connectivity index (χ0v) is 9.01. The Hall–Kier alpha value is -0.790. The van der Waals surface area contributed by atoms with Crippen LogP contribution >= 0.6 is 0 Å². The molecule has 1 rings (SSSR count). The van der Waals surface area contributed by atoms with E-state index in [9.17, 15) is 0 Å². The van der Waals surface area contributed by atoms with Crippen LogP contribution in [0.4, 0.5) is 0 Å². The van der Waals surface area contributed by atoms with Crippen LogP contribution in [-0.2, 0) is 6.54 Å². The molecule has 0 unspecified atom stereocenters. The van der Waals surface area contributed by atoms with Crippen LogP contribution in [0.15, 0.2) is 6.20 Å². The fraction of sp³-hybridized carbons (Fsp3) is 0.727. The van der Waals surface area contributed by atoms with Gasteiger partial charge in [-0.15, -0.1) is 0 Å². The molecule has 2 nitrogen and oxygen atoms in total. The molecule has 1 aromatic heterocycles. The first-order valence-corrected chi connectivity index (χ1v) is 5.24. The van der Waals surface area contributed by atoms with Gasteiger partial charge < -0.3 is 4.57 Å². The normalized spacial score (nSPS) is 10.7. The zero-order valence-electron chi connectivity index (χ0n) is 9.01. The van der Waals surface area contributed by atoms with Crippen molar-refractivity contribution in [3.63, 3.8) is 0 Å². The predicted octanol–water partition coefficient (Wildman–Crippen LogP) is 3.08. The summed E-state index contributed by atoms with van der Waals surface area (Å²) in [5, 5.41) is 0. The lowest BCUT2D eigenvalue weighted by atomic mass is 10.2. The van der Waals surface area contributed by atoms with Crippen LogP contribution in [0.3, 0.4) is 0 Å². The van der Waals surface area contributed by atoms with Gasteiger partial charge in [-0.05, 0) is 20.3 Å². The first-order chi connectivity index (χ1) is 6.24. The molecule has 0 saturated carbocycles. The van der Waals surface area contributed by atoms with E-state index in [4.69, 9.17) is 0 Å². The number of imidazole rings is 1. The summed E-state index contributed by atoms with van der Waals surface area (Å²) in [4.78, 5) is 4.37. The summed E-state index contributed by atoms with van der Waals surface area (Å²) in [6, 6.07) is 0. The third-order valence-electron chi connectivity index (χ3n) is 2.35. The molecule has 0 aliphatic rings. The highest BCUT2D eigenvalue weighted by Gasteiger charge is 1.98. The highest BCUT2D eigenvalue weighted by molar-refractivity contribution is 4.99. The summed E-state index contributed by atoms with van der Waals surface area (Å²) in [7, 11) is 0. The highest BCUT2D eigenvalue weighted by atomic mass is 15.1. The van der Waals surface area contributed by atoms with E-state index in [1.165, 1.54) is 25.7 Å². The molecule has 0 aromatic carbocycles. The fourth-order valence-corrected chi connectivity index (χ4v) is 1.60. The molecule has 1 aromatic rings. The monoisotopic (exact) mass is 180 g/mol. The average molecular weight is 180 g/mol. The quantitative estimate of drug-likeness (QED) is 0.637. The molecular formula is C11H20N2. The Bertz CT molecular complexity index is 251. The van der Waals surface area contributed by atoms with Crippen molar-refractivity contribution in [3.8, 4) is 0 Å². The predicted molar refractivity (Wildman–Crippen MR) is 55.8 cm³/mol. The van der Waals surface area contributed by atoms with Gasteiger partial charge in [0.15, 0.2) is 0 Å². The van der Waals surface area contributed by atoms with Crippen molar-refractivity contribution in [2.24, 2.45) is 0 Å². The largest absolute Gasteiger partial charge is 0.335 e. The lowest BCUT2D eigenvalue weighted by Crippen LogP contribution is -1.98. The molecular weight excluding hydrogens is 160 g/mol. The number of aromatic nitrogens is 2. The minimum Gasteiger partial charge on any atom is -0.335 e. The Labute approximate surface area is 81.0 Å². The molecule has 0 N–H and O–H groups in total. The molecule has 2 heteroatoms. The van der Waals surface area contributed by atoms with Gasteiger partial charge in [-0.1, -0.05) is 26.2 Å². The lowest BCUT2D eigenvalue weighted by Gasteiger charge is -2.03. The molecule has 0 bridgehead atoms. The third kappa shape index (κ3) is 3.21. The van der Waals surface area contributed by atoms with E-state index >= 15 is 0 Å². The Morgan fingerprint density at radius 1 is 1.23 bits per heavy atom. The van der Waals surface area contributed by atoms with E-state index in [2.05, 4.69) is 36.5 Å². The Morgan fingerprint density at radius 2 is 2.00 bits per heavy atom. The molecule has 0 atom stereocenters. The van der Waals surface area contributed by atoms with Crippen LogP contribution in [0, 0.1) is 13.8 Å². The fourth-order valence-electron chi connectivity index (χ4n) is 1.60. The number of rotatable bonds is 5. The van der Waals surface area contributed by atoms with Crippen LogP contribution in [-0.4, -0.2) is 9.55 Å². The van der Waals surface area contributed by atoms with E-state index < -0.39 is 0 Å². The Kier molecular flexibility index (Phi) is 4.00. The van der Waals surface area contributed by atoms with Gasteiger partial charge in [0.1, 0.15) is 5.82 Å². The number of unbranched alkanes of at least 4 members (excludes halogenated alkanes) is 3. The van der Waals surface area contributed by atoms with Gasteiger partial charge in [0.05, 0.1) is 5.69 Å². The van der Waals surface area contributed by atoms with Gasteiger partial charge in [0.2, 0.25) is 0 Å². The molecule has 0 fully saturated rings. The SMILES string of the molecule is CCCCCCn1cc(C)nc1C. The molecule has 74 valence electrons. The number of hydrogen-bond donors (Lipinski definition) is 0. The van der Waals surface area contributed by atoms with E-state index in [0.717, 1.165) is 18.1 Å². The molecule has 0 spiro atoms. The van der Waals surface area contributed by atoms with Crippen molar-refractivity contribution in [2.45, 2.75) is 53.0 Å². The van der Waals surface area contributed by atoms with Gasteiger partial charge in [0, 0.05) is 12.7 Å². The maximum atomic E-state index is 4.37. The maximum Gasteiger partial charge on any atom is 0.105 e. The second-order valence-corrected chi connectivity index (χ2v) is 3.68. The standard InChI is InChI=1S/C11H20N2/c1-4-5-6-7-8-13-9-10(2)12-11(13)3/h9H,4-8H2,1-3H3. The summed E-state index contributed by atoms with van der Waals surface area (Å²) in [6.45, 7) is 7.50. The molecule has 0 aliphatic heterocycles. The van der Waals surface area contributed by atoms with Gasteiger partial charge in [-0.2, -0.15) is 0 Å². The summed E-state index contributed by atoms with van der Waals surface area (Å²) >= 11 is 0. The molecule has 13 heavy (non-hydrogen) atoms. The molecule has 0 radical (unpaired) electrons. The van der Waals surface area contributed by atoms with E-state index in [-0.39, 0.29) is 0 Å². The van der Waals surface area contributed by atoms with Gasteiger partial charge >= 0.3 is 0 Å². The van der Waals surface area contributed by atoms with Crippen molar-refractivity contribution in [1.29, 1.82) is 0 Å². The summed E-state index contributed by atoms with van der Waals surface area (Å²) in [5.74, 6) is 1.15. The van der Waals surface area contributed by atoms with Gasteiger partial charge in [0.25, 0.3) is 0 Å². The Balaban J connectivity index is 2.32. The van der Waals surface area contributed by atoms with Crippen LogP contribution in [0.25, 0.3) is 0 Å². The van der Waals surface area contributed by atoms with Crippen molar-refractivity contribution < 1.29 is 0 Å². The van der Waals surface area contributed by atoms with Crippen LogP contribution in [0.5, 0.6) is 0 Å². The molecule has 1 heterocycles. The number of hydrogen-bond acceptors (Lipinski definition) is 1. The van der Waals surface area contributed by atoms with Crippen molar-refractivity contribution in [3.05, 3.63) is 17.7 Å². The second-order valence-electron chi connectivity index (χ2n) is 3.68. The minimum atomic E-state index is 1.13. The minimum absolute atomic E-state index is 1.13. The first kappa shape index (κ1) is 10.3. The highest BCUT2D eigenvalue weighted by Crippen LogP contribution is 2.05. The topological polar surface area (TPSA) is 17.8 Å². The van der Waals surface area contributed by atoms with Crippen molar-refractivity contribution in [1.82, 2.24) is 9.55 Å². The van der Waals surface area contributed by atoms with E-state index in [1.807, 2.05) is 0 Å². The van der Waals surface area contributed by atoms with E-state index in [1.54, 1.807) is 0 Å². The van der Waals surface area contributed by atoms with Gasteiger partial charge in [-0.3, -0.25) is 0 Å². The van der Waals surface area contributed by atoms with Crippen LogP contribution < -0.4 is 0 Å². The van der Waals surface area contributed by atoms with Crippen LogP contribution in [0.2, 0.25) is 0 Å². The third-order valence-corrected chi connectivity index (χ3v) is 2.35. The van der Waals surface area contributed by atoms with Crippen molar-refractivity contribution in [2.75, 3.05) is 0 Å². The van der Waals surface area contributed by atoms with E-state index in [0.29, 0.717) is 0 Å². The molecule has 0 aliphatic carbocycles. The summed E-state index contributed by atoms with van der Waals surface area (Å²) < 4.78 is 2.25. The maximum absolute atomic E-state index is 4.37. The lowest BCUT2D eigenvalue weighted by molar-refractivity contribution is 0.573. The average Bonchev–Trinajstić information content (AvgIpc) is 2.39. The number of aryl methyl sites for hydroxylation is 3. The number of nitrogens with zero attached hydrogens (tertiary/aromatic N) is 2. The smallest absolute Gasteiger partial charge is 0.105 e. The molecule has 0 saturated heterocycles. The first-order valence-electron chi connectivity index (χ1n) is 5.24. The molecule has 0 amide bonds. The van der Waals surface area contributed by atoms with Gasteiger partial charge in [-0.25, -0.2) is 4.98 Å². The van der Waals surface area contributed by atoms with Crippen LogP contribution in [0.1, 0.15) is 44.1 Å². The summed E-state index contributed by atoms with van der Waals surface area (Å²) in [5.41, 5.74) is 1.13.